The molecule has 0 amide bonds. The smallest absolute Gasteiger partial charge is 0.0588 e. The fourth-order valence-electron chi connectivity index (χ4n) is 1.72. The minimum atomic E-state index is 0.917. The van der Waals surface area contributed by atoms with Crippen LogP contribution in [0.1, 0.15) is 12.6 Å². The first-order valence-electron chi connectivity index (χ1n) is 5.72. The highest BCUT2D eigenvalue weighted by Crippen LogP contribution is 2.02. The molecule has 0 fully saturated rings. The minimum Gasteiger partial charge on any atom is -0.348 e. The third-order valence-electron chi connectivity index (χ3n) is 2.61. The molecule has 0 aliphatic carbocycles. The molecule has 16 heavy (non-hydrogen) atoms. The SMILES string of the molecule is CCNCc1cccn1CCn1cccn1. The lowest BCUT2D eigenvalue weighted by Gasteiger charge is -2.09. The normalized spacial score (nSPS) is 10.8. The molecule has 0 saturated carbocycles. The molecule has 0 unspecified atom stereocenters. The van der Waals surface area contributed by atoms with Crippen molar-refractivity contribution in [3.63, 3.8) is 0 Å². The summed E-state index contributed by atoms with van der Waals surface area (Å²) < 4.78 is 4.22. The quantitative estimate of drug-likeness (QED) is 0.797. The molecular formula is C12H18N4. The lowest BCUT2D eigenvalue weighted by Crippen LogP contribution is -2.16. The van der Waals surface area contributed by atoms with E-state index in [1.807, 2.05) is 23.1 Å². The third-order valence-corrected chi connectivity index (χ3v) is 2.61. The fraction of sp³-hybridized carbons (Fsp3) is 0.417. The first-order chi connectivity index (χ1) is 7.90. The van der Waals surface area contributed by atoms with Crippen LogP contribution in [0.2, 0.25) is 0 Å². The van der Waals surface area contributed by atoms with E-state index in [4.69, 9.17) is 0 Å². The fourth-order valence-corrected chi connectivity index (χ4v) is 1.72. The molecule has 2 heterocycles. The number of hydrogen-bond donors (Lipinski definition) is 1. The van der Waals surface area contributed by atoms with Gasteiger partial charge in [-0.05, 0) is 24.7 Å². The van der Waals surface area contributed by atoms with Crippen molar-refractivity contribution in [2.24, 2.45) is 0 Å². The Labute approximate surface area is 95.9 Å². The topological polar surface area (TPSA) is 34.8 Å². The predicted octanol–water partition coefficient (Wildman–Crippen LogP) is 1.49. The van der Waals surface area contributed by atoms with Crippen LogP contribution >= 0.6 is 0 Å². The Balaban J connectivity index is 1.91. The standard InChI is InChI=1S/C12H18N4/c1-2-13-11-12-5-3-7-15(12)9-10-16-8-4-6-14-16/h3-8,13H,2,9-11H2,1H3. The van der Waals surface area contributed by atoms with Crippen LogP contribution in [0.3, 0.4) is 0 Å². The number of nitrogens with one attached hydrogen (secondary N) is 1. The zero-order chi connectivity index (χ0) is 11.2. The van der Waals surface area contributed by atoms with E-state index >= 15 is 0 Å². The maximum atomic E-state index is 4.20. The van der Waals surface area contributed by atoms with Crippen molar-refractivity contribution in [3.05, 3.63) is 42.5 Å². The van der Waals surface area contributed by atoms with E-state index in [2.05, 4.69) is 40.2 Å². The Morgan fingerprint density at radius 3 is 2.94 bits per heavy atom. The predicted molar refractivity (Wildman–Crippen MR) is 64.0 cm³/mol. The van der Waals surface area contributed by atoms with Gasteiger partial charge in [-0.1, -0.05) is 6.92 Å². The van der Waals surface area contributed by atoms with Crippen LogP contribution in [0.5, 0.6) is 0 Å². The number of hydrogen-bond acceptors (Lipinski definition) is 2. The first kappa shape index (κ1) is 11.0. The lowest BCUT2D eigenvalue weighted by molar-refractivity contribution is 0.517. The summed E-state index contributed by atoms with van der Waals surface area (Å²) in [5.74, 6) is 0. The van der Waals surface area contributed by atoms with Gasteiger partial charge in [-0.2, -0.15) is 5.10 Å². The zero-order valence-electron chi connectivity index (χ0n) is 9.63. The molecule has 0 saturated heterocycles. The van der Waals surface area contributed by atoms with E-state index in [9.17, 15) is 0 Å². The van der Waals surface area contributed by atoms with Crippen LogP contribution in [-0.4, -0.2) is 20.9 Å². The van der Waals surface area contributed by atoms with Crippen LogP contribution < -0.4 is 5.32 Å². The van der Waals surface area contributed by atoms with Gasteiger partial charge in [0.15, 0.2) is 0 Å². The monoisotopic (exact) mass is 218 g/mol. The molecule has 2 rings (SSSR count). The molecule has 0 aliphatic heterocycles. The molecule has 2 aromatic rings. The number of nitrogens with zero attached hydrogens (tertiary/aromatic N) is 3. The summed E-state index contributed by atoms with van der Waals surface area (Å²) in [4.78, 5) is 0. The average Bonchev–Trinajstić information content (AvgIpc) is 2.94. The Hall–Kier alpha value is -1.55. The van der Waals surface area contributed by atoms with Crippen molar-refractivity contribution in [2.45, 2.75) is 26.6 Å². The van der Waals surface area contributed by atoms with Crippen molar-refractivity contribution in [2.75, 3.05) is 6.54 Å². The van der Waals surface area contributed by atoms with Crippen LogP contribution in [0.25, 0.3) is 0 Å². The van der Waals surface area contributed by atoms with Gasteiger partial charge in [-0.15, -0.1) is 0 Å². The number of aromatic nitrogens is 3. The van der Waals surface area contributed by atoms with E-state index < -0.39 is 0 Å². The van der Waals surface area contributed by atoms with Gasteiger partial charge in [0.1, 0.15) is 0 Å². The van der Waals surface area contributed by atoms with Crippen molar-refractivity contribution in [1.82, 2.24) is 19.7 Å². The molecule has 4 nitrogen and oxygen atoms in total. The van der Waals surface area contributed by atoms with Gasteiger partial charge in [0.05, 0.1) is 6.54 Å². The Morgan fingerprint density at radius 1 is 1.25 bits per heavy atom. The molecule has 0 atom stereocenters. The Kier molecular flexibility index (Phi) is 3.77. The molecule has 0 bridgehead atoms. The zero-order valence-corrected chi connectivity index (χ0v) is 9.63. The van der Waals surface area contributed by atoms with Gasteiger partial charge in [-0.3, -0.25) is 4.68 Å². The van der Waals surface area contributed by atoms with Crippen LogP contribution in [0, 0.1) is 0 Å². The van der Waals surface area contributed by atoms with Gasteiger partial charge in [0.25, 0.3) is 0 Å². The van der Waals surface area contributed by atoms with Crippen molar-refractivity contribution >= 4 is 0 Å². The van der Waals surface area contributed by atoms with E-state index in [1.54, 1.807) is 0 Å². The van der Waals surface area contributed by atoms with Crippen molar-refractivity contribution in [3.8, 4) is 0 Å². The summed E-state index contributed by atoms with van der Waals surface area (Å²) in [6, 6.07) is 6.21. The highest BCUT2D eigenvalue weighted by Gasteiger charge is 2.00. The van der Waals surface area contributed by atoms with Crippen LogP contribution in [0.15, 0.2) is 36.8 Å². The van der Waals surface area contributed by atoms with Gasteiger partial charge < -0.3 is 9.88 Å². The highest BCUT2D eigenvalue weighted by molar-refractivity contribution is 5.06. The second-order valence-electron chi connectivity index (χ2n) is 3.74. The van der Waals surface area contributed by atoms with Crippen molar-refractivity contribution in [1.29, 1.82) is 0 Å². The maximum absolute atomic E-state index is 4.20. The molecule has 1 N–H and O–H groups in total. The van der Waals surface area contributed by atoms with E-state index in [-0.39, 0.29) is 0 Å². The van der Waals surface area contributed by atoms with Gasteiger partial charge >= 0.3 is 0 Å². The largest absolute Gasteiger partial charge is 0.348 e. The van der Waals surface area contributed by atoms with E-state index in [0.29, 0.717) is 0 Å². The van der Waals surface area contributed by atoms with Crippen LogP contribution in [0.4, 0.5) is 0 Å². The second kappa shape index (κ2) is 5.51. The maximum Gasteiger partial charge on any atom is 0.0588 e. The Bertz CT molecular complexity index is 402. The molecule has 0 spiro atoms. The summed E-state index contributed by atoms with van der Waals surface area (Å²) in [5.41, 5.74) is 1.33. The average molecular weight is 218 g/mol. The first-order valence-corrected chi connectivity index (χ1v) is 5.72. The summed E-state index contributed by atoms with van der Waals surface area (Å²) in [6.45, 7) is 5.94. The number of aryl methyl sites for hydroxylation is 2. The van der Waals surface area contributed by atoms with E-state index in [1.165, 1.54) is 5.69 Å². The molecule has 86 valence electrons. The van der Waals surface area contributed by atoms with Crippen LogP contribution in [-0.2, 0) is 19.6 Å². The summed E-state index contributed by atoms with van der Waals surface area (Å²) in [7, 11) is 0. The summed E-state index contributed by atoms with van der Waals surface area (Å²) in [5, 5.41) is 7.54. The third kappa shape index (κ3) is 2.73. The number of rotatable bonds is 6. The van der Waals surface area contributed by atoms with Gasteiger partial charge in [-0.25, -0.2) is 0 Å². The van der Waals surface area contributed by atoms with Gasteiger partial charge in [0, 0.05) is 37.4 Å². The van der Waals surface area contributed by atoms with Gasteiger partial charge in [0.2, 0.25) is 0 Å². The lowest BCUT2D eigenvalue weighted by atomic mass is 10.4. The second-order valence-corrected chi connectivity index (χ2v) is 3.74. The minimum absolute atomic E-state index is 0.917. The summed E-state index contributed by atoms with van der Waals surface area (Å²) >= 11 is 0. The van der Waals surface area contributed by atoms with E-state index in [0.717, 1.165) is 26.2 Å². The molecular weight excluding hydrogens is 200 g/mol. The Morgan fingerprint density at radius 2 is 2.19 bits per heavy atom. The highest BCUT2D eigenvalue weighted by atomic mass is 15.3. The summed E-state index contributed by atoms with van der Waals surface area (Å²) in [6.07, 6.45) is 5.93. The molecule has 0 aliphatic rings. The molecule has 4 heteroatoms. The van der Waals surface area contributed by atoms with Crippen molar-refractivity contribution < 1.29 is 0 Å². The molecule has 0 radical (unpaired) electrons. The molecule has 2 aromatic heterocycles. The molecule has 0 aromatic carbocycles.